The Labute approximate surface area is 144 Å². The number of hydrogen-bond acceptors (Lipinski definition) is 4. The van der Waals surface area contributed by atoms with Gasteiger partial charge in [-0.2, -0.15) is 5.26 Å². The SMILES string of the molecule is Cc1ccc(S(=O)(=O)[C@H]2[C@@H](c3ccc(Br)cc3)[C@@]2(N)C#N)cc1. The summed E-state index contributed by atoms with van der Waals surface area (Å²) in [7, 11) is -3.67. The molecular formula is C17H15BrN2O2S. The molecule has 23 heavy (non-hydrogen) atoms. The summed E-state index contributed by atoms with van der Waals surface area (Å²) in [5.74, 6) is -0.521. The van der Waals surface area contributed by atoms with Crippen molar-refractivity contribution in [1.29, 1.82) is 5.26 Å². The maximum atomic E-state index is 12.9. The van der Waals surface area contributed by atoms with Gasteiger partial charge in [0.25, 0.3) is 0 Å². The number of sulfone groups is 1. The van der Waals surface area contributed by atoms with E-state index in [2.05, 4.69) is 15.9 Å². The van der Waals surface area contributed by atoms with Crippen LogP contribution in [0.5, 0.6) is 0 Å². The highest BCUT2D eigenvalue weighted by molar-refractivity contribution is 9.10. The number of halogens is 1. The van der Waals surface area contributed by atoms with Gasteiger partial charge in [0.15, 0.2) is 9.84 Å². The summed E-state index contributed by atoms with van der Waals surface area (Å²) in [6, 6.07) is 15.9. The zero-order valence-corrected chi connectivity index (χ0v) is 14.8. The monoisotopic (exact) mass is 390 g/mol. The van der Waals surface area contributed by atoms with Gasteiger partial charge in [0, 0.05) is 10.4 Å². The molecule has 6 heteroatoms. The molecule has 0 aromatic heterocycles. The molecular weight excluding hydrogens is 376 g/mol. The van der Waals surface area contributed by atoms with Crippen molar-refractivity contribution in [3.05, 3.63) is 64.1 Å². The summed E-state index contributed by atoms with van der Waals surface area (Å²) in [6.45, 7) is 1.89. The summed E-state index contributed by atoms with van der Waals surface area (Å²) < 4.78 is 26.7. The van der Waals surface area contributed by atoms with Gasteiger partial charge in [-0.15, -0.1) is 0 Å². The van der Waals surface area contributed by atoms with E-state index in [9.17, 15) is 13.7 Å². The second-order valence-corrected chi connectivity index (χ2v) is 8.84. The lowest BCUT2D eigenvalue weighted by molar-refractivity contribution is 0.592. The molecule has 2 aromatic rings. The Kier molecular flexibility index (Phi) is 3.83. The summed E-state index contributed by atoms with van der Waals surface area (Å²) in [5, 5.41) is 8.50. The summed E-state index contributed by atoms with van der Waals surface area (Å²) in [6.07, 6.45) is 0. The Bertz CT molecular complexity index is 886. The minimum Gasteiger partial charge on any atom is -0.312 e. The Hall–Kier alpha value is -1.68. The van der Waals surface area contributed by atoms with E-state index in [4.69, 9.17) is 5.73 Å². The molecule has 0 aliphatic heterocycles. The topological polar surface area (TPSA) is 83.9 Å². The minimum atomic E-state index is -3.67. The molecule has 2 N–H and O–H groups in total. The number of aryl methyl sites for hydroxylation is 1. The molecule has 0 unspecified atom stereocenters. The van der Waals surface area contributed by atoms with Crippen molar-refractivity contribution in [2.75, 3.05) is 0 Å². The first-order valence-corrected chi connectivity index (χ1v) is 9.41. The van der Waals surface area contributed by atoms with Crippen molar-refractivity contribution in [1.82, 2.24) is 0 Å². The molecule has 0 saturated heterocycles. The van der Waals surface area contributed by atoms with Gasteiger partial charge in [-0.1, -0.05) is 45.8 Å². The Morgan fingerprint density at radius 2 is 1.70 bits per heavy atom. The zero-order chi connectivity index (χ0) is 16.8. The largest absolute Gasteiger partial charge is 0.312 e. The average molecular weight is 391 g/mol. The van der Waals surface area contributed by atoms with Crippen LogP contribution in [-0.2, 0) is 9.84 Å². The molecule has 118 valence electrons. The first kappa shape index (κ1) is 16.2. The van der Waals surface area contributed by atoms with E-state index in [-0.39, 0.29) is 4.90 Å². The fourth-order valence-electron chi connectivity index (χ4n) is 2.94. The van der Waals surface area contributed by atoms with Crippen LogP contribution in [-0.4, -0.2) is 19.2 Å². The van der Waals surface area contributed by atoms with Gasteiger partial charge in [-0.05, 0) is 36.8 Å². The van der Waals surface area contributed by atoms with Crippen LogP contribution in [0.15, 0.2) is 57.9 Å². The van der Waals surface area contributed by atoms with Crippen LogP contribution in [0, 0.1) is 18.3 Å². The van der Waals surface area contributed by atoms with Gasteiger partial charge in [0.2, 0.25) is 0 Å². The molecule has 1 saturated carbocycles. The summed E-state index contributed by atoms with van der Waals surface area (Å²) in [4.78, 5) is 0.206. The van der Waals surface area contributed by atoms with E-state index in [1.807, 2.05) is 25.1 Å². The molecule has 4 nitrogen and oxygen atoms in total. The Morgan fingerprint density at radius 1 is 1.13 bits per heavy atom. The highest BCUT2D eigenvalue weighted by atomic mass is 79.9. The number of nitriles is 1. The van der Waals surface area contributed by atoms with E-state index in [0.29, 0.717) is 0 Å². The van der Waals surface area contributed by atoms with Gasteiger partial charge in [-0.3, -0.25) is 0 Å². The highest BCUT2D eigenvalue weighted by Crippen LogP contribution is 2.55. The molecule has 3 atom stereocenters. The van der Waals surface area contributed by atoms with Crippen molar-refractivity contribution >= 4 is 25.8 Å². The van der Waals surface area contributed by atoms with Crippen LogP contribution in [0.3, 0.4) is 0 Å². The predicted molar refractivity (Wildman–Crippen MR) is 91.6 cm³/mol. The van der Waals surface area contributed by atoms with Crippen LogP contribution in [0.25, 0.3) is 0 Å². The van der Waals surface area contributed by atoms with Crippen molar-refractivity contribution in [2.45, 2.75) is 28.5 Å². The molecule has 0 radical (unpaired) electrons. The van der Waals surface area contributed by atoms with Gasteiger partial charge in [-0.25, -0.2) is 8.42 Å². The van der Waals surface area contributed by atoms with Crippen LogP contribution >= 0.6 is 15.9 Å². The second-order valence-electron chi connectivity index (χ2n) is 5.85. The molecule has 0 amide bonds. The molecule has 1 aliphatic rings. The number of benzene rings is 2. The van der Waals surface area contributed by atoms with Gasteiger partial charge < -0.3 is 5.73 Å². The number of nitrogens with zero attached hydrogens (tertiary/aromatic N) is 1. The zero-order valence-electron chi connectivity index (χ0n) is 12.4. The predicted octanol–water partition coefficient (Wildman–Crippen LogP) is 2.92. The van der Waals surface area contributed by atoms with E-state index >= 15 is 0 Å². The molecule has 0 heterocycles. The minimum absolute atomic E-state index is 0.206. The van der Waals surface area contributed by atoms with Crippen molar-refractivity contribution in [2.24, 2.45) is 5.73 Å². The van der Waals surface area contributed by atoms with E-state index < -0.39 is 26.5 Å². The first-order valence-electron chi connectivity index (χ1n) is 7.07. The maximum absolute atomic E-state index is 12.9. The van der Waals surface area contributed by atoms with Crippen molar-refractivity contribution < 1.29 is 8.42 Å². The molecule has 3 rings (SSSR count). The molecule has 0 spiro atoms. The number of rotatable bonds is 3. The number of hydrogen-bond donors (Lipinski definition) is 1. The van der Waals surface area contributed by atoms with E-state index in [1.54, 1.807) is 36.4 Å². The van der Waals surface area contributed by atoms with Gasteiger partial charge in [0.1, 0.15) is 10.8 Å². The van der Waals surface area contributed by atoms with E-state index in [1.165, 1.54) is 0 Å². The fraction of sp³-hybridized carbons (Fsp3) is 0.235. The highest BCUT2D eigenvalue weighted by Gasteiger charge is 2.70. The molecule has 0 bridgehead atoms. The Morgan fingerprint density at radius 3 is 2.22 bits per heavy atom. The summed E-state index contributed by atoms with van der Waals surface area (Å²) in [5.41, 5.74) is 6.45. The lowest BCUT2D eigenvalue weighted by atomic mass is 10.1. The smallest absolute Gasteiger partial charge is 0.184 e. The average Bonchev–Trinajstić information content (AvgIpc) is 3.16. The van der Waals surface area contributed by atoms with Gasteiger partial charge in [0.05, 0.1) is 11.0 Å². The van der Waals surface area contributed by atoms with Crippen LogP contribution in [0.4, 0.5) is 0 Å². The van der Waals surface area contributed by atoms with E-state index in [0.717, 1.165) is 15.6 Å². The van der Waals surface area contributed by atoms with Crippen LogP contribution in [0.1, 0.15) is 17.0 Å². The summed E-state index contributed by atoms with van der Waals surface area (Å²) >= 11 is 3.34. The fourth-order valence-corrected chi connectivity index (χ4v) is 5.39. The van der Waals surface area contributed by atoms with Gasteiger partial charge >= 0.3 is 0 Å². The Balaban J connectivity index is 2.03. The molecule has 1 fully saturated rings. The van der Waals surface area contributed by atoms with Crippen molar-refractivity contribution in [3.8, 4) is 6.07 Å². The quantitative estimate of drug-likeness (QED) is 0.872. The second kappa shape index (κ2) is 5.45. The van der Waals surface area contributed by atoms with Crippen LogP contribution < -0.4 is 5.73 Å². The first-order chi connectivity index (χ1) is 10.8. The normalized spacial score (nSPS) is 26.5. The number of nitrogens with two attached hydrogens (primary N) is 1. The standard InChI is InChI=1S/C17H15BrN2O2S/c1-11-2-8-14(9-3-11)23(21,22)16-15(17(16,20)10-19)12-4-6-13(18)7-5-12/h2-9,15-16H,20H2,1H3/t15-,16+,17+/m1/s1. The van der Waals surface area contributed by atoms with Crippen molar-refractivity contribution in [3.63, 3.8) is 0 Å². The molecule has 1 aliphatic carbocycles. The lowest BCUT2D eigenvalue weighted by Crippen LogP contribution is -2.29. The third-order valence-corrected chi connectivity index (χ3v) is 7.07. The maximum Gasteiger partial charge on any atom is 0.184 e. The lowest BCUT2D eigenvalue weighted by Gasteiger charge is -2.05. The third-order valence-electron chi connectivity index (χ3n) is 4.29. The van der Waals surface area contributed by atoms with Crippen LogP contribution in [0.2, 0.25) is 0 Å². The third kappa shape index (κ3) is 2.59. The molecule has 2 aromatic carbocycles.